The molecule has 1 heterocycles. The lowest BCUT2D eigenvalue weighted by Crippen LogP contribution is -1.95. The summed E-state index contributed by atoms with van der Waals surface area (Å²) < 4.78 is 18.0. The summed E-state index contributed by atoms with van der Waals surface area (Å²) in [6, 6.07) is 20.3. The number of halogens is 1. The van der Waals surface area contributed by atoms with Gasteiger partial charge in [0, 0.05) is 16.1 Å². The Bertz CT molecular complexity index is 1170. The first kappa shape index (κ1) is 20.8. The van der Waals surface area contributed by atoms with E-state index in [4.69, 9.17) is 14.2 Å². The largest absolute Gasteiger partial charge is 0.507 e. The van der Waals surface area contributed by atoms with E-state index in [-0.39, 0.29) is 5.75 Å². The van der Waals surface area contributed by atoms with Crippen LogP contribution in [0.2, 0.25) is 0 Å². The van der Waals surface area contributed by atoms with E-state index in [1.54, 1.807) is 25.3 Å². The third-order valence-corrected chi connectivity index (χ3v) is 5.24. The number of benzene rings is 3. The number of aromatic amines is 1. The van der Waals surface area contributed by atoms with Crippen LogP contribution in [0.5, 0.6) is 28.7 Å². The van der Waals surface area contributed by atoms with Gasteiger partial charge in [0.1, 0.15) is 35.3 Å². The van der Waals surface area contributed by atoms with Crippen LogP contribution in [0, 0.1) is 6.92 Å². The summed E-state index contributed by atoms with van der Waals surface area (Å²) in [5.74, 6) is 2.55. The second-order valence-corrected chi connectivity index (χ2v) is 7.81. The van der Waals surface area contributed by atoms with Gasteiger partial charge in [-0.3, -0.25) is 5.10 Å². The Morgan fingerprint density at radius 1 is 0.935 bits per heavy atom. The van der Waals surface area contributed by atoms with Crippen molar-refractivity contribution in [3.63, 3.8) is 0 Å². The Balaban J connectivity index is 1.53. The number of H-pyrrole nitrogens is 1. The maximum atomic E-state index is 10.6. The molecule has 4 rings (SSSR count). The first-order valence-electron chi connectivity index (χ1n) is 9.61. The van der Waals surface area contributed by atoms with Gasteiger partial charge in [-0.25, -0.2) is 0 Å². The number of phenolic OH excluding ortho intramolecular Hbond substituents is 1. The molecule has 7 heteroatoms. The van der Waals surface area contributed by atoms with Crippen LogP contribution < -0.4 is 14.2 Å². The molecule has 1 aromatic heterocycles. The SMILES string of the molecule is COc1ccc(Oc2c(-c3ccc(OCc4ccc(Br)cc4)cc3O)n[nH]c2C)cc1. The van der Waals surface area contributed by atoms with Crippen molar-refractivity contribution >= 4 is 15.9 Å². The highest BCUT2D eigenvalue weighted by Crippen LogP contribution is 2.40. The van der Waals surface area contributed by atoms with Gasteiger partial charge >= 0.3 is 0 Å². The molecule has 0 radical (unpaired) electrons. The maximum Gasteiger partial charge on any atom is 0.176 e. The number of hydrogen-bond donors (Lipinski definition) is 2. The summed E-state index contributed by atoms with van der Waals surface area (Å²) in [7, 11) is 1.61. The summed E-state index contributed by atoms with van der Waals surface area (Å²) in [5.41, 5.74) is 2.85. The summed E-state index contributed by atoms with van der Waals surface area (Å²) in [4.78, 5) is 0. The number of methoxy groups -OCH3 is 1. The molecule has 0 fully saturated rings. The molecular weight excluding hydrogens is 460 g/mol. The van der Waals surface area contributed by atoms with Gasteiger partial charge in [-0.2, -0.15) is 5.10 Å². The van der Waals surface area contributed by atoms with Crippen molar-refractivity contribution in [2.75, 3.05) is 7.11 Å². The molecule has 31 heavy (non-hydrogen) atoms. The minimum Gasteiger partial charge on any atom is -0.507 e. The van der Waals surface area contributed by atoms with Crippen molar-refractivity contribution in [3.8, 4) is 40.0 Å². The number of rotatable bonds is 7. The van der Waals surface area contributed by atoms with E-state index in [1.807, 2.05) is 55.5 Å². The average molecular weight is 481 g/mol. The lowest BCUT2D eigenvalue weighted by molar-refractivity contribution is 0.304. The van der Waals surface area contributed by atoms with E-state index in [1.165, 1.54) is 0 Å². The Labute approximate surface area is 188 Å². The number of ether oxygens (including phenoxy) is 3. The molecule has 158 valence electrons. The van der Waals surface area contributed by atoms with Crippen molar-refractivity contribution < 1.29 is 19.3 Å². The van der Waals surface area contributed by atoms with E-state index < -0.39 is 0 Å². The molecule has 6 nitrogen and oxygen atoms in total. The fourth-order valence-corrected chi connectivity index (χ4v) is 3.30. The number of nitrogens with zero attached hydrogens (tertiary/aromatic N) is 1. The summed E-state index contributed by atoms with van der Waals surface area (Å²) in [6.45, 7) is 2.27. The standard InChI is InChI=1S/C24H21BrN2O4/c1-15-24(31-19-9-7-18(29-2)8-10-19)23(27-26-15)21-12-11-20(13-22(21)28)30-14-16-3-5-17(25)6-4-16/h3-13,28H,14H2,1-2H3,(H,26,27). The highest BCUT2D eigenvalue weighted by molar-refractivity contribution is 9.10. The van der Waals surface area contributed by atoms with Gasteiger partial charge in [0.15, 0.2) is 5.75 Å². The van der Waals surface area contributed by atoms with Crippen molar-refractivity contribution in [1.82, 2.24) is 10.2 Å². The van der Waals surface area contributed by atoms with Crippen LogP contribution in [0.3, 0.4) is 0 Å². The molecule has 0 atom stereocenters. The molecule has 0 aliphatic rings. The van der Waals surface area contributed by atoms with E-state index in [0.717, 1.165) is 21.5 Å². The zero-order valence-electron chi connectivity index (χ0n) is 17.1. The molecule has 0 amide bonds. The smallest absolute Gasteiger partial charge is 0.176 e. The molecule has 0 aliphatic heterocycles. The van der Waals surface area contributed by atoms with Crippen molar-refractivity contribution in [2.24, 2.45) is 0 Å². The highest BCUT2D eigenvalue weighted by atomic mass is 79.9. The first-order chi connectivity index (χ1) is 15.0. The molecule has 0 aliphatic carbocycles. The monoisotopic (exact) mass is 480 g/mol. The predicted octanol–water partition coefficient (Wildman–Crippen LogP) is 6.23. The second kappa shape index (κ2) is 9.14. The van der Waals surface area contributed by atoms with E-state index >= 15 is 0 Å². The lowest BCUT2D eigenvalue weighted by atomic mass is 10.1. The van der Waals surface area contributed by atoms with Crippen molar-refractivity contribution in [2.45, 2.75) is 13.5 Å². The fraction of sp³-hybridized carbons (Fsp3) is 0.125. The molecular formula is C24H21BrN2O4. The molecule has 0 saturated carbocycles. The highest BCUT2D eigenvalue weighted by Gasteiger charge is 2.18. The van der Waals surface area contributed by atoms with Crippen LogP contribution >= 0.6 is 15.9 Å². The molecule has 0 unspecified atom stereocenters. The second-order valence-electron chi connectivity index (χ2n) is 6.90. The topological polar surface area (TPSA) is 76.6 Å². The number of aryl methyl sites for hydroxylation is 1. The van der Waals surface area contributed by atoms with Crippen molar-refractivity contribution in [1.29, 1.82) is 0 Å². The average Bonchev–Trinajstić information content (AvgIpc) is 3.14. The van der Waals surface area contributed by atoms with Gasteiger partial charge in [0.05, 0.1) is 12.8 Å². The van der Waals surface area contributed by atoms with Crippen LogP contribution in [0.1, 0.15) is 11.3 Å². The Hall–Kier alpha value is -3.45. The van der Waals surface area contributed by atoms with Gasteiger partial charge in [-0.05, 0) is 61.0 Å². The molecule has 0 saturated heterocycles. The van der Waals surface area contributed by atoms with E-state index in [0.29, 0.717) is 35.1 Å². The van der Waals surface area contributed by atoms with Gasteiger partial charge < -0.3 is 19.3 Å². The zero-order valence-corrected chi connectivity index (χ0v) is 18.6. The molecule has 4 aromatic rings. The normalized spacial score (nSPS) is 10.7. The Kier molecular flexibility index (Phi) is 6.13. The molecule has 2 N–H and O–H groups in total. The van der Waals surface area contributed by atoms with Crippen LogP contribution in [0.4, 0.5) is 0 Å². The zero-order chi connectivity index (χ0) is 21.8. The van der Waals surface area contributed by atoms with Crippen LogP contribution in [-0.2, 0) is 6.61 Å². The van der Waals surface area contributed by atoms with Gasteiger partial charge in [0.2, 0.25) is 0 Å². The molecule has 0 bridgehead atoms. The van der Waals surface area contributed by atoms with Crippen molar-refractivity contribution in [3.05, 3.63) is 82.5 Å². The molecule has 0 spiro atoms. The third kappa shape index (κ3) is 4.83. The molecule has 3 aromatic carbocycles. The van der Waals surface area contributed by atoms with E-state index in [9.17, 15) is 5.11 Å². The minimum atomic E-state index is 0.0550. The summed E-state index contributed by atoms with van der Waals surface area (Å²) >= 11 is 3.42. The maximum absolute atomic E-state index is 10.6. The summed E-state index contributed by atoms with van der Waals surface area (Å²) in [5, 5.41) is 17.9. The fourth-order valence-electron chi connectivity index (χ4n) is 3.04. The van der Waals surface area contributed by atoms with E-state index in [2.05, 4.69) is 26.1 Å². The van der Waals surface area contributed by atoms with Gasteiger partial charge in [-0.15, -0.1) is 0 Å². The van der Waals surface area contributed by atoms with Gasteiger partial charge in [-0.1, -0.05) is 28.1 Å². The minimum absolute atomic E-state index is 0.0550. The quantitative estimate of drug-likeness (QED) is 0.327. The third-order valence-electron chi connectivity index (χ3n) is 4.71. The van der Waals surface area contributed by atoms with Gasteiger partial charge in [0.25, 0.3) is 0 Å². The Morgan fingerprint density at radius 2 is 1.61 bits per heavy atom. The van der Waals surface area contributed by atoms with Crippen LogP contribution in [0.15, 0.2) is 71.2 Å². The first-order valence-corrected chi connectivity index (χ1v) is 10.4. The van der Waals surface area contributed by atoms with Crippen LogP contribution in [-0.4, -0.2) is 22.4 Å². The summed E-state index contributed by atoms with van der Waals surface area (Å²) in [6.07, 6.45) is 0. The number of aromatic hydroxyl groups is 1. The lowest BCUT2D eigenvalue weighted by Gasteiger charge is -2.11. The predicted molar refractivity (Wildman–Crippen MR) is 122 cm³/mol. The Morgan fingerprint density at radius 3 is 2.29 bits per heavy atom. The number of nitrogens with one attached hydrogen (secondary N) is 1. The number of phenols is 1. The number of hydrogen-bond acceptors (Lipinski definition) is 5. The number of aromatic nitrogens is 2. The van der Waals surface area contributed by atoms with Crippen LogP contribution in [0.25, 0.3) is 11.3 Å².